The Kier molecular flexibility index (Phi) is 26.3. The Morgan fingerprint density at radius 2 is 1.60 bits per heavy atom. The number of amides is 2. The summed E-state index contributed by atoms with van der Waals surface area (Å²) >= 11 is 2.80. The number of rotatable bonds is 22. The zero-order valence-corrected chi connectivity index (χ0v) is 55.4. The van der Waals surface area contributed by atoms with Gasteiger partial charge in [0.05, 0.1) is 97.0 Å². The first-order chi connectivity index (χ1) is 41.5. The van der Waals surface area contributed by atoms with Crippen LogP contribution in [-0.4, -0.2) is 229 Å². The van der Waals surface area contributed by atoms with Gasteiger partial charge in [-0.05, 0) is 91.0 Å². The van der Waals surface area contributed by atoms with Crippen LogP contribution in [0.15, 0.2) is 35.1 Å². The van der Waals surface area contributed by atoms with Gasteiger partial charge in [0, 0.05) is 57.4 Å². The first kappa shape index (κ1) is 71.0. The molecule has 87 heavy (non-hydrogen) atoms. The average molecular weight is 1410 g/mol. The highest BCUT2D eigenvalue weighted by Gasteiger charge is 2.52. The van der Waals surface area contributed by atoms with Crippen LogP contribution in [-0.2, 0) is 57.1 Å². The normalized spacial score (nSPS) is 35.0. The second-order valence-electron chi connectivity index (χ2n) is 20.8. The number of hydrogen-bond donors (Lipinski definition) is 7. The van der Waals surface area contributed by atoms with Gasteiger partial charge in [-0.1, -0.05) is 63.1 Å². The minimum atomic E-state index is -2.08. The van der Waals surface area contributed by atoms with Gasteiger partial charge in [0.1, 0.15) is 36.6 Å². The number of fused-ring (bicyclic) bond motifs is 2. The maximum absolute atomic E-state index is 14.5. The molecule has 0 unspecified atom stereocenters. The minimum absolute atomic E-state index is 0.0116. The lowest BCUT2D eigenvalue weighted by Gasteiger charge is -2.47. The van der Waals surface area contributed by atoms with Gasteiger partial charge in [0.25, 0.3) is 0 Å². The fourth-order valence-corrected chi connectivity index (χ4v) is 15.2. The van der Waals surface area contributed by atoms with E-state index in [1.807, 2.05) is 35.8 Å². The van der Waals surface area contributed by atoms with Crippen LogP contribution in [0.2, 0.25) is 0 Å². The lowest BCUT2D eigenvalue weighted by molar-refractivity contribution is -0.337. The van der Waals surface area contributed by atoms with Gasteiger partial charge in [0.15, 0.2) is 41.8 Å². The van der Waals surface area contributed by atoms with E-state index in [1.165, 1.54) is 78.9 Å². The van der Waals surface area contributed by atoms with Crippen LogP contribution in [0.5, 0.6) is 17.2 Å². The zero-order chi connectivity index (χ0) is 63.6. The highest BCUT2D eigenvalue weighted by Crippen LogP contribution is 2.49. The van der Waals surface area contributed by atoms with Crippen molar-refractivity contribution in [1.82, 2.24) is 15.7 Å². The molecule has 4 heterocycles. The zero-order valence-electron chi connectivity index (χ0n) is 50.0. The van der Waals surface area contributed by atoms with Gasteiger partial charge in [-0.2, -0.15) is 5.48 Å². The number of methoxy groups -OCH3 is 5. The third-order valence-electron chi connectivity index (χ3n) is 15.4. The molecule has 2 amide bonds. The largest absolute Gasteiger partial charge is 0.492 e. The molecule has 7 rings (SSSR count). The van der Waals surface area contributed by atoms with Gasteiger partial charge in [-0.15, -0.1) is 0 Å². The number of ether oxygens (including phenoxy) is 12. The van der Waals surface area contributed by atoms with Crippen LogP contribution >= 0.6 is 65.8 Å². The Hall–Kier alpha value is -3.43. The summed E-state index contributed by atoms with van der Waals surface area (Å²) in [5, 5.41) is 59.4. The number of nitrogens with zero attached hydrogens (tertiary/aromatic N) is 1. The summed E-state index contributed by atoms with van der Waals surface area (Å²) < 4.78 is 72.7. The fraction of sp³-hybridized carbons (Fsp3) is 0.649. The van der Waals surface area contributed by atoms with Crippen LogP contribution in [0.25, 0.3) is 0 Å². The summed E-state index contributed by atoms with van der Waals surface area (Å²) in [7, 11) is 11.1. The van der Waals surface area contributed by atoms with E-state index in [-0.39, 0.29) is 65.0 Å². The number of aliphatic hydroxyl groups excluding tert-OH is 4. The number of thioether (sulfide) groups is 1. The van der Waals surface area contributed by atoms with Crippen molar-refractivity contribution in [2.45, 2.75) is 176 Å². The Balaban J connectivity index is 1.14. The molecule has 2 aliphatic carbocycles. The Morgan fingerprint density at radius 3 is 2.24 bits per heavy atom. The van der Waals surface area contributed by atoms with Gasteiger partial charge in [-0.25, -0.2) is 4.79 Å². The predicted octanol–water partition coefficient (Wildman–Crippen LogP) is 3.46. The SMILES string of the molecule is CCN(C(C)=O)[C@H]1CO[C@@H](O[C@H]2[C@H](O[C@H]3C#C/C=C\C#C[C@]4(O)CC(=O)C(NC(=O)OC)=C3/C4=C/CSSSC)O[C@H](C)[C@@H](NO[C@H]3C[C@H](O)[C@H](SC(=O)c4c(C)c(I)c(O[C@@H]5O[C@@H](C)[C@H](O)[C@@H](OC)[C@H]5O)c(OC)c4OC)[C@@H](C)O3)[C@@H]2O)C[C@@H]1OC. The number of halogens is 1. The molecule has 4 saturated heterocycles. The summed E-state index contributed by atoms with van der Waals surface area (Å²) in [5.41, 5.74) is 1.15. The van der Waals surface area contributed by atoms with Crippen molar-refractivity contribution in [3.63, 3.8) is 0 Å². The van der Waals surface area contributed by atoms with Gasteiger partial charge in [0.2, 0.25) is 23.1 Å². The van der Waals surface area contributed by atoms with E-state index in [0.717, 1.165) is 18.9 Å². The number of allylic oxidation sites excluding steroid dienone is 3. The summed E-state index contributed by atoms with van der Waals surface area (Å²) in [6.45, 7) is 10.2. The highest BCUT2D eigenvalue weighted by molar-refractivity contribution is 14.1. The maximum atomic E-state index is 14.5. The number of carbonyl (C=O) groups is 4. The number of aliphatic hydroxyl groups is 5. The van der Waals surface area contributed by atoms with E-state index in [4.69, 9.17) is 61.7 Å². The quantitative estimate of drug-likeness (QED) is 0.0287. The van der Waals surface area contributed by atoms with Crippen molar-refractivity contribution in [1.29, 1.82) is 0 Å². The third-order valence-corrected chi connectivity index (χ3v) is 21.8. The molecule has 6 aliphatic rings. The average Bonchev–Trinajstić information content (AvgIpc) is 1.63. The van der Waals surface area contributed by atoms with E-state index >= 15 is 0 Å². The number of nitrogens with one attached hydrogen (secondary N) is 2. The second kappa shape index (κ2) is 32.2. The number of benzene rings is 1. The number of Topliss-reactive ketones (excluding diaryl/α,β-unsaturated/α-hetero) is 1. The second-order valence-corrected chi connectivity index (χ2v) is 27.4. The van der Waals surface area contributed by atoms with Gasteiger partial charge >= 0.3 is 6.09 Å². The molecule has 0 saturated carbocycles. The molecular formula is C57H76IN3O22S4. The predicted molar refractivity (Wildman–Crippen MR) is 329 cm³/mol. The number of ketones is 1. The number of hydroxylamine groups is 1. The summed E-state index contributed by atoms with van der Waals surface area (Å²) in [4.78, 5) is 62.0. The molecule has 1 aromatic carbocycles. The molecule has 1 aromatic rings. The van der Waals surface area contributed by atoms with Crippen LogP contribution in [0, 0.1) is 34.2 Å². The lowest BCUT2D eigenvalue weighted by Crippen LogP contribution is -2.65. The topological polar surface area (TPSA) is 317 Å². The molecule has 482 valence electrons. The summed E-state index contributed by atoms with van der Waals surface area (Å²) in [6, 6.07) is -1.62. The molecule has 4 fully saturated rings. The first-order valence-corrected chi connectivity index (χ1v) is 33.8. The third kappa shape index (κ3) is 16.3. The van der Waals surface area contributed by atoms with E-state index in [1.54, 1.807) is 38.7 Å². The van der Waals surface area contributed by atoms with Crippen molar-refractivity contribution in [3.8, 4) is 40.9 Å². The molecule has 4 aliphatic heterocycles. The molecule has 19 atom stereocenters. The molecule has 30 heteroatoms. The van der Waals surface area contributed by atoms with Crippen LogP contribution in [0.4, 0.5) is 4.79 Å². The van der Waals surface area contributed by atoms with E-state index in [2.05, 4.69) is 34.5 Å². The summed E-state index contributed by atoms with van der Waals surface area (Å²) in [6.07, 6.45) is -12.9. The fourth-order valence-electron chi connectivity index (χ4n) is 11.0. The Labute approximate surface area is 534 Å². The standard InChI is InChI=1S/C57H76IN3O22S4/c1-13-61(30(6)62)32-25-76-37(23-36(32)71-7)81-50-45(66)42(27(3)78-55(50)80-35-18-16-14-15-17-20-57(70)24-34(64)43(59-56(69)75-11)40(35)31(57)19-21-85-87-84-12)60-83-38-22-33(63)52(29(5)77-38)86-53(68)39-26(2)41(58)48(51(74-10)47(39)72-8)82-54-46(67)49(73-9)44(65)28(4)79-54/h14-15,19,27-29,32-33,35-38,42,44-46,49-50,52,54-55,60,63,65-67,70H,13,21-25H2,1-12H3,(H,59,69)/b15-14-,31-19-/t27-,28+,29-,32+,33+,35+,36+,37+,38+,42-,44+,45+,46-,49-,50-,52-,54+,55+,57+/m1/s1. The van der Waals surface area contributed by atoms with Gasteiger partial charge in [-0.3, -0.25) is 24.5 Å². The van der Waals surface area contributed by atoms with Crippen molar-refractivity contribution in [2.75, 3.05) is 60.7 Å². The van der Waals surface area contributed by atoms with E-state index < -0.39 is 139 Å². The smallest absolute Gasteiger partial charge is 0.411 e. The molecular weight excluding hydrogens is 1330 g/mol. The number of carbonyl (C=O) groups excluding carboxylic acids is 4. The monoisotopic (exact) mass is 1410 g/mol. The molecule has 0 radical (unpaired) electrons. The molecule has 25 nitrogen and oxygen atoms in total. The molecule has 7 N–H and O–H groups in total. The van der Waals surface area contributed by atoms with Crippen molar-refractivity contribution < 1.29 is 106 Å². The lowest BCUT2D eigenvalue weighted by atomic mass is 9.75. The van der Waals surface area contributed by atoms with Crippen LogP contribution in [0.1, 0.15) is 69.8 Å². The number of hydrogen-bond acceptors (Lipinski definition) is 27. The van der Waals surface area contributed by atoms with Gasteiger partial charge < -0.3 is 87.3 Å². The summed E-state index contributed by atoms with van der Waals surface area (Å²) in [5.74, 6) is 11.0. The van der Waals surface area contributed by atoms with Crippen LogP contribution in [0.3, 0.4) is 0 Å². The molecule has 2 bridgehead atoms. The first-order valence-electron chi connectivity index (χ1n) is 27.7. The molecule has 0 spiro atoms. The van der Waals surface area contributed by atoms with Crippen molar-refractivity contribution in [2.24, 2.45) is 0 Å². The Morgan fingerprint density at radius 1 is 0.885 bits per heavy atom. The van der Waals surface area contributed by atoms with Crippen molar-refractivity contribution >= 4 is 88.7 Å². The van der Waals surface area contributed by atoms with Crippen LogP contribution < -0.4 is 25.0 Å². The van der Waals surface area contributed by atoms with E-state index in [0.29, 0.717) is 21.4 Å². The van der Waals surface area contributed by atoms with Crippen molar-refractivity contribution in [3.05, 3.63) is 49.8 Å². The maximum Gasteiger partial charge on any atom is 0.411 e. The molecule has 0 aromatic heterocycles. The number of likely N-dealkylation sites (N-methyl/N-ethyl adjacent to an activating group) is 1. The number of alkyl carbamates (subject to hydrolysis) is 1. The minimum Gasteiger partial charge on any atom is -0.492 e. The Bertz CT molecular complexity index is 2860. The van der Waals surface area contributed by atoms with E-state index in [9.17, 15) is 44.7 Å². The highest BCUT2D eigenvalue weighted by atomic mass is 127.